The Balaban J connectivity index is 2.62. The van der Waals surface area contributed by atoms with Gasteiger partial charge in [0.1, 0.15) is 11.8 Å². The zero-order chi connectivity index (χ0) is 14.3. The second kappa shape index (κ2) is 7.39. The van der Waals surface area contributed by atoms with E-state index in [0.29, 0.717) is 18.0 Å². The quantitative estimate of drug-likeness (QED) is 0.816. The summed E-state index contributed by atoms with van der Waals surface area (Å²) in [4.78, 5) is 12.0. The maximum atomic E-state index is 12.0. The van der Waals surface area contributed by atoms with Crippen molar-refractivity contribution in [3.63, 3.8) is 0 Å². The molecule has 0 bridgehead atoms. The normalized spacial score (nSPS) is 11.7. The van der Waals surface area contributed by atoms with Crippen molar-refractivity contribution in [1.29, 1.82) is 5.26 Å². The molecule has 0 fully saturated rings. The van der Waals surface area contributed by atoms with Crippen LogP contribution in [0.25, 0.3) is 0 Å². The highest BCUT2D eigenvalue weighted by molar-refractivity contribution is 5.92. The maximum absolute atomic E-state index is 12.0. The van der Waals surface area contributed by atoms with E-state index in [-0.39, 0.29) is 24.3 Å². The van der Waals surface area contributed by atoms with E-state index in [1.54, 1.807) is 24.3 Å². The smallest absolute Gasteiger partial charge is 0.229 e. The monoisotopic (exact) mass is 261 g/mol. The standard InChI is InChI=1S/C14H19N3O2/c1-10(2)13(9-16)14(18)17-11-3-5-12(6-4-11)19-8-7-15/h3-6,10,13H,8-9,16H2,1-2H3,(H,17,18). The summed E-state index contributed by atoms with van der Waals surface area (Å²) >= 11 is 0. The Hall–Kier alpha value is -2.06. The molecule has 1 rings (SSSR count). The van der Waals surface area contributed by atoms with Crippen LogP contribution in [0.3, 0.4) is 0 Å². The minimum absolute atomic E-state index is 0.00824. The molecule has 19 heavy (non-hydrogen) atoms. The number of rotatable bonds is 6. The van der Waals surface area contributed by atoms with Crippen molar-refractivity contribution >= 4 is 11.6 Å². The van der Waals surface area contributed by atoms with Crippen molar-refractivity contribution in [3.8, 4) is 11.8 Å². The van der Waals surface area contributed by atoms with Gasteiger partial charge in [0.2, 0.25) is 5.91 Å². The highest BCUT2D eigenvalue weighted by Gasteiger charge is 2.20. The fourth-order valence-corrected chi connectivity index (χ4v) is 1.67. The molecule has 102 valence electrons. The summed E-state index contributed by atoms with van der Waals surface area (Å²) in [6.07, 6.45) is 0. The topological polar surface area (TPSA) is 88.1 Å². The van der Waals surface area contributed by atoms with E-state index in [4.69, 9.17) is 15.7 Å². The van der Waals surface area contributed by atoms with Gasteiger partial charge in [-0.3, -0.25) is 4.79 Å². The van der Waals surface area contributed by atoms with E-state index in [1.165, 1.54) is 0 Å². The van der Waals surface area contributed by atoms with Gasteiger partial charge in [0.05, 0.1) is 5.92 Å². The predicted octanol–water partition coefficient (Wildman–Crippen LogP) is 1.76. The average molecular weight is 261 g/mol. The molecule has 0 radical (unpaired) electrons. The first-order valence-corrected chi connectivity index (χ1v) is 6.19. The molecule has 1 aromatic rings. The number of ether oxygens (including phenoxy) is 1. The maximum Gasteiger partial charge on any atom is 0.229 e. The summed E-state index contributed by atoms with van der Waals surface area (Å²) < 4.78 is 5.13. The number of benzene rings is 1. The van der Waals surface area contributed by atoms with Gasteiger partial charge in [0.15, 0.2) is 6.61 Å². The molecular formula is C14H19N3O2. The Morgan fingerprint density at radius 2 is 2.05 bits per heavy atom. The van der Waals surface area contributed by atoms with Crippen molar-refractivity contribution in [3.05, 3.63) is 24.3 Å². The first-order valence-electron chi connectivity index (χ1n) is 6.19. The molecule has 1 unspecified atom stereocenters. The Morgan fingerprint density at radius 3 is 2.53 bits per heavy atom. The first kappa shape index (κ1) is 15.0. The summed E-state index contributed by atoms with van der Waals surface area (Å²) in [6.45, 7) is 4.27. The molecule has 5 nitrogen and oxygen atoms in total. The van der Waals surface area contributed by atoms with Gasteiger partial charge in [-0.05, 0) is 30.2 Å². The Labute approximate surface area is 113 Å². The Kier molecular flexibility index (Phi) is 5.83. The number of anilines is 1. The highest BCUT2D eigenvalue weighted by atomic mass is 16.5. The lowest BCUT2D eigenvalue weighted by Crippen LogP contribution is -2.33. The van der Waals surface area contributed by atoms with Crippen LogP contribution >= 0.6 is 0 Å². The predicted molar refractivity (Wildman–Crippen MR) is 73.6 cm³/mol. The van der Waals surface area contributed by atoms with E-state index < -0.39 is 0 Å². The molecule has 0 heterocycles. The van der Waals surface area contributed by atoms with Crippen LogP contribution in [-0.4, -0.2) is 19.1 Å². The van der Waals surface area contributed by atoms with Crippen LogP contribution in [0.1, 0.15) is 13.8 Å². The number of hydrogen-bond donors (Lipinski definition) is 2. The van der Waals surface area contributed by atoms with E-state index >= 15 is 0 Å². The van der Waals surface area contributed by atoms with Crippen molar-refractivity contribution in [2.45, 2.75) is 13.8 Å². The fourth-order valence-electron chi connectivity index (χ4n) is 1.67. The highest BCUT2D eigenvalue weighted by Crippen LogP contribution is 2.17. The molecule has 0 saturated heterocycles. The molecule has 0 aliphatic heterocycles. The summed E-state index contributed by atoms with van der Waals surface area (Å²) in [5, 5.41) is 11.2. The number of nitrogens with two attached hydrogens (primary N) is 1. The lowest BCUT2D eigenvalue weighted by Gasteiger charge is -2.18. The molecule has 0 aliphatic carbocycles. The van der Waals surface area contributed by atoms with Gasteiger partial charge in [-0.2, -0.15) is 5.26 Å². The van der Waals surface area contributed by atoms with Crippen molar-refractivity contribution in [2.75, 3.05) is 18.5 Å². The minimum atomic E-state index is -0.200. The van der Waals surface area contributed by atoms with Gasteiger partial charge in [-0.15, -0.1) is 0 Å². The number of nitrogens with zero attached hydrogens (tertiary/aromatic N) is 1. The van der Waals surface area contributed by atoms with Crippen LogP contribution in [0.4, 0.5) is 5.69 Å². The van der Waals surface area contributed by atoms with Crippen LogP contribution in [0.2, 0.25) is 0 Å². The lowest BCUT2D eigenvalue weighted by molar-refractivity contribution is -0.120. The van der Waals surface area contributed by atoms with Gasteiger partial charge >= 0.3 is 0 Å². The number of carbonyl (C=O) groups is 1. The van der Waals surface area contributed by atoms with Gasteiger partial charge in [0, 0.05) is 12.2 Å². The number of carbonyl (C=O) groups excluding carboxylic acids is 1. The third-order valence-corrected chi connectivity index (χ3v) is 2.82. The van der Waals surface area contributed by atoms with Gasteiger partial charge in [-0.1, -0.05) is 13.8 Å². The second-order valence-corrected chi connectivity index (χ2v) is 4.55. The summed E-state index contributed by atoms with van der Waals surface area (Å²) in [5.41, 5.74) is 6.28. The number of amides is 1. The van der Waals surface area contributed by atoms with Crippen LogP contribution in [0.5, 0.6) is 5.75 Å². The van der Waals surface area contributed by atoms with Crippen LogP contribution in [0.15, 0.2) is 24.3 Å². The molecule has 0 saturated carbocycles. The van der Waals surface area contributed by atoms with Gasteiger partial charge < -0.3 is 15.8 Å². The molecule has 0 aliphatic rings. The van der Waals surface area contributed by atoms with Crippen molar-refractivity contribution in [1.82, 2.24) is 0 Å². The largest absolute Gasteiger partial charge is 0.479 e. The molecule has 0 aromatic heterocycles. The van der Waals surface area contributed by atoms with Crippen molar-refractivity contribution in [2.24, 2.45) is 17.6 Å². The van der Waals surface area contributed by atoms with Gasteiger partial charge in [0.25, 0.3) is 0 Å². The average Bonchev–Trinajstić information content (AvgIpc) is 2.38. The van der Waals surface area contributed by atoms with E-state index in [9.17, 15) is 4.79 Å². The number of nitriles is 1. The Morgan fingerprint density at radius 1 is 1.42 bits per heavy atom. The molecular weight excluding hydrogens is 242 g/mol. The Bertz CT molecular complexity index is 449. The molecule has 3 N–H and O–H groups in total. The molecule has 1 amide bonds. The number of hydrogen-bond acceptors (Lipinski definition) is 4. The van der Waals surface area contributed by atoms with E-state index in [2.05, 4.69) is 5.32 Å². The third kappa shape index (κ3) is 4.60. The third-order valence-electron chi connectivity index (χ3n) is 2.82. The van der Waals surface area contributed by atoms with E-state index in [1.807, 2.05) is 19.9 Å². The second-order valence-electron chi connectivity index (χ2n) is 4.55. The molecule has 1 aromatic carbocycles. The molecule has 1 atom stereocenters. The summed E-state index contributed by atoms with van der Waals surface area (Å²) in [6, 6.07) is 8.78. The summed E-state index contributed by atoms with van der Waals surface area (Å²) in [5.74, 6) is 0.514. The molecule has 5 heteroatoms. The summed E-state index contributed by atoms with van der Waals surface area (Å²) in [7, 11) is 0. The zero-order valence-electron chi connectivity index (χ0n) is 11.2. The van der Waals surface area contributed by atoms with Crippen molar-refractivity contribution < 1.29 is 9.53 Å². The SMILES string of the molecule is CC(C)C(CN)C(=O)Nc1ccc(OCC#N)cc1. The van der Waals surface area contributed by atoms with Gasteiger partial charge in [-0.25, -0.2) is 0 Å². The fraction of sp³-hybridized carbons (Fsp3) is 0.429. The minimum Gasteiger partial charge on any atom is -0.479 e. The lowest BCUT2D eigenvalue weighted by atomic mass is 9.95. The molecule has 0 spiro atoms. The number of nitrogens with one attached hydrogen (secondary N) is 1. The first-order chi connectivity index (χ1) is 9.08. The van der Waals surface area contributed by atoms with Crippen LogP contribution in [0, 0.1) is 23.2 Å². The van der Waals surface area contributed by atoms with Crippen LogP contribution in [-0.2, 0) is 4.79 Å². The van der Waals surface area contributed by atoms with Crippen LogP contribution < -0.4 is 15.8 Å². The zero-order valence-corrected chi connectivity index (χ0v) is 11.2. The van der Waals surface area contributed by atoms with E-state index in [0.717, 1.165) is 0 Å².